The summed E-state index contributed by atoms with van der Waals surface area (Å²) < 4.78 is 61.9. The Morgan fingerprint density at radius 3 is 2.54 bits per heavy atom. The number of carbonyl (C=O) groups is 1. The summed E-state index contributed by atoms with van der Waals surface area (Å²) in [5.41, 5.74) is 0.512. The molecule has 37 heavy (non-hydrogen) atoms. The quantitative estimate of drug-likeness (QED) is 0.325. The van der Waals surface area contributed by atoms with E-state index < -0.39 is 21.7 Å². The molecule has 0 spiro atoms. The Labute approximate surface area is 214 Å². The highest BCUT2D eigenvalue weighted by molar-refractivity contribution is 7.95. The lowest BCUT2D eigenvalue weighted by molar-refractivity contribution is 0.0960. The molecule has 0 saturated heterocycles. The number of aromatic nitrogens is 1. The van der Waals surface area contributed by atoms with Gasteiger partial charge in [0.25, 0.3) is 21.5 Å². The van der Waals surface area contributed by atoms with E-state index >= 15 is 0 Å². The Kier molecular flexibility index (Phi) is 7.14. The minimum atomic E-state index is -3.86. The van der Waals surface area contributed by atoms with Crippen LogP contribution >= 0.6 is 11.3 Å². The first-order valence-electron chi connectivity index (χ1n) is 10.9. The van der Waals surface area contributed by atoms with Crippen molar-refractivity contribution >= 4 is 43.0 Å². The standard InChI is InChI=1S/C25H21F2N3O5S2/c1-4-28-24(31)22-12-17-23(36-22)18(13-30(3)25(17)32)16-11-15(29-37(33,34)5-2)7-9-20(16)35-21-8-6-14(26)10-19(21)27/h5-13,29H,2,4H2,1,3H3,(H,28,31). The maximum Gasteiger partial charge on any atom is 0.261 e. The van der Waals surface area contributed by atoms with Crippen LogP contribution in [0.4, 0.5) is 14.5 Å². The van der Waals surface area contributed by atoms with Crippen molar-refractivity contribution in [3.63, 3.8) is 0 Å². The number of benzene rings is 2. The number of sulfonamides is 1. The average molecular weight is 546 g/mol. The van der Waals surface area contributed by atoms with Gasteiger partial charge >= 0.3 is 0 Å². The number of nitrogens with zero attached hydrogens (tertiary/aromatic N) is 1. The molecule has 8 nitrogen and oxygen atoms in total. The molecular formula is C25H21F2N3O5S2. The van der Waals surface area contributed by atoms with Crippen LogP contribution in [0.5, 0.6) is 11.5 Å². The summed E-state index contributed by atoms with van der Waals surface area (Å²) in [5.74, 6) is -2.25. The molecule has 0 unspecified atom stereocenters. The van der Waals surface area contributed by atoms with Gasteiger partial charge in [0.15, 0.2) is 11.6 Å². The van der Waals surface area contributed by atoms with Crippen molar-refractivity contribution < 1.29 is 26.7 Å². The summed E-state index contributed by atoms with van der Waals surface area (Å²) in [6.45, 7) is 5.44. The van der Waals surface area contributed by atoms with Gasteiger partial charge in [-0.05, 0) is 43.3 Å². The van der Waals surface area contributed by atoms with Crippen LogP contribution in [-0.4, -0.2) is 25.4 Å². The minimum Gasteiger partial charge on any atom is -0.454 e. The molecule has 1 amide bonds. The summed E-state index contributed by atoms with van der Waals surface area (Å²) >= 11 is 1.07. The molecule has 0 radical (unpaired) electrons. The number of halogens is 2. The Bertz CT molecular complexity index is 1710. The van der Waals surface area contributed by atoms with Crippen LogP contribution in [0.15, 0.2) is 65.4 Å². The SMILES string of the molecule is C=CS(=O)(=O)Nc1ccc(Oc2ccc(F)cc2F)c(-c2cn(C)c(=O)c3cc(C(=O)NCC)sc23)c1. The highest BCUT2D eigenvalue weighted by Gasteiger charge is 2.21. The fraction of sp³-hybridized carbons (Fsp3) is 0.120. The summed E-state index contributed by atoms with van der Waals surface area (Å²) in [6, 6.07) is 8.57. The van der Waals surface area contributed by atoms with Gasteiger partial charge in [-0.3, -0.25) is 14.3 Å². The second-order valence-corrected chi connectivity index (χ2v) is 10.6. The predicted octanol–water partition coefficient (Wildman–Crippen LogP) is 4.97. The molecule has 0 atom stereocenters. The van der Waals surface area contributed by atoms with E-state index in [1.54, 1.807) is 6.92 Å². The van der Waals surface area contributed by atoms with E-state index in [4.69, 9.17) is 4.74 Å². The normalized spacial score (nSPS) is 11.4. The molecule has 0 aliphatic rings. The maximum atomic E-state index is 14.4. The third-order valence-electron chi connectivity index (χ3n) is 5.27. The Morgan fingerprint density at radius 1 is 1.14 bits per heavy atom. The molecular weight excluding hydrogens is 524 g/mol. The number of hydrogen-bond acceptors (Lipinski definition) is 6. The first kappa shape index (κ1) is 26.0. The third-order valence-corrected chi connectivity index (χ3v) is 7.40. The van der Waals surface area contributed by atoms with Crippen LogP contribution in [0.2, 0.25) is 0 Å². The number of hydrogen-bond donors (Lipinski definition) is 2. The lowest BCUT2D eigenvalue weighted by Crippen LogP contribution is -2.21. The van der Waals surface area contributed by atoms with Crippen molar-refractivity contribution in [3.8, 4) is 22.6 Å². The van der Waals surface area contributed by atoms with Gasteiger partial charge in [-0.1, -0.05) is 6.58 Å². The second kappa shape index (κ2) is 10.1. The van der Waals surface area contributed by atoms with Crippen molar-refractivity contribution in [2.75, 3.05) is 11.3 Å². The number of aryl methyl sites for hydroxylation is 1. The molecule has 2 aromatic heterocycles. The summed E-state index contributed by atoms with van der Waals surface area (Å²) in [4.78, 5) is 25.7. The Balaban J connectivity index is 1.97. The maximum absolute atomic E-state index is 14.4. The Morgan fingerprint density at radius 2 is 1.86 bits per heavy atom. The first-order chi connectivity index (χ1) is 17.5. The van der Waals surface area contributed by atoms with Gasteiger partial charge in [0.05, 0.1) is 15.0 Å². The highest BCUT2D eigenvalue weighted by atomic mass is 32.2. The zero-order chi connectivity index (χ0) is 26.9. The lowest BCUT2D eigenvalue weighted by atomic mass is 10.0. The van der Waals surface area contributed by atoms with Crippen LogP contribution in [0.3, 0.4) is 0 Å². The Hall–Kier alpha value is -4.03. The molecule has 2 heterocycles. The fourth-order valence-electron chi connectivity index (χ4n) is 3.58. The van der Waals surface area contributed by atoms with Gasteiger partial charge in [0.2, 0.25) is 0 Å². The average Bonchev–Trinajstić information content (AvgIpc) is 3.30. The van der Waals surface area contributed by atoms with E-state index in [0.717, 1.165) is 28.9 Å². The molecule has 4 aromatic rings. The van der Waals surface area contributed by atoms with E-state index in [9.17, 15) is 26.8 Å². The van der Waals surface area contributed by atoms with Crippen molar-refractivity contribution in [2.45, 2.75) is 6.92 Å². The lowest BCUT2D eigenvalue weighted by Gasteiger charge is -2.15. The molecule has 0 fully saturated rings. The first-order valence-corrected chi connectivity index (χ1v) is 13.2. The number of anilines is 1. The van der Waals surface area contributed by atoms with Crippen molar-refractivity contribution in [1.82, 2.24) is 9.88 Å². The van der Waals surface area contributed by atoms with E-state index in [1.807, 2.05) is 0 Å². The van der Waals surface area contributed by atoms with Crippen LogP contribution in [0, 0.1) is 11.6 Å². The van der Waals surface area contributed by atoms with Crippen molar-refractivity contribution in [2.24, 2.45) is 7.05 Å². The zero-order valence-corrected chi connectivity index (χ0v) is 21.3. The van der Waals surface area contributed by atoms with Crippen LogP contribution < -0.4 is 20.3 Å². The number of ether oxygens (including phenoxy) is 1. The molecule has 192 valence electrons. The summed E-state index contributed by atoms with van der Waals surface area (Å²) in [6.07, 6.45) is 1.51. The van der Waals surface area contributed by atoms with Crippen LogP contribution in [0.1, 0.15) is 16.6 Å². The molecule has 4 rings (SSSR count). The van der Waals surface area contributed by atoms with Crippen LogP contribution in [-0.2, 0) is 17.1 Å². The molecule has 0 saturated carbocycles. The van der Waals surface area contributed by atoms with Crippen molar-refractivity contribution in [1.29, 1.82) is 0 Å². The van der Waals surface area contributed by atoms with Crippen molar-refractivity contribution in [3.05, 3.63) is 87.5 Å². The number of thiophene rings is 1. The monoisotopic (exact) mass is 545 g/mol. The fourth-order valence-corrected chi connectivity index (χ4v) is 5.21. The smallest absolute Gasteiger partial charge is 0.261 e. The topological polar surface area (TPSA) is 106 Å². The molecule has 0 aliphatic heterocycles. The van der Waals surface area contributed by atoms with Gasteiger partial charge in [-0.25, -0.2) is 17.2 Å². The predicted molar refractivity (Wildman–Crippen MR) is 140 cm³/mol. The van der Waals surface area contributed by atoms with Gasteiger partial charge in [0.1, 0.15) is 11.6 Å². The minimum absolute atomic E-state index is 0.0972. The van der Waals surface area contributed by atoms with E-state index in [0.29, 0.717) is 27.8 Å². The van der Waals surface area contributed by atoms with E-state index in [-0.39, 0.29) is 39.6 Å². The van der Waals surface area contributed by atoms with Gasteiger partial charge in [-0.2, -0.15) is 0 Å². The van der Waals surface area contributed by atoms with Gasteiger partial charge in [0, 0.05) is 48.1 Å². The second-order valence-electron chi connectivity index (χ2n) is 7.87. The number of carbonyl (C=O) groups excluding carboxylic acids is 1. The zero-order valence-electron chi connectivity index (χ0n) is 19.7. The highest BCUT2D eigenvalue weighted by Crippen LogP contribution is 2.41. The van der Waals surface area contributed by atoms with E-state index in [1.165, 1.54) is 42.1 Å². The summed E-state index contributed by atoms with van der Waals surface area (Å²) in [7, 11) is -2.33. The number of pyridine rings is 1. The number of fused-ring (bicyclic) bond motifs is 1. The number of rotatable bonds is 8. The summed E-state index contributed by atoms with van der Waals surface area (Å²) in [5, 5.41) is 3.70. The molecule has 0 aliphatic carbocycles. The van der Waals surface area contributed by atoms with Gasteiger partial charge in [-0.15, -0.1) is 11.3 Å². The van der Waals surface area contributed by atoms with Crippen LogP contribution in [0.25, 0.3) is 21.2 Å². The third kappa shape index (κ3) is 5.39. The van der Waals surface area contributed by atoms with Gasteiger partial charge < -0.3 is 14.6 Å². The molecule has 0 bridgehead atoms. The molecule has 2 aromatic carbocycles. The molecule has 2 N–H and O–H groups in total. The number of amides is 1. The number of nitrogens with one attached hydrogen (secondary N) is 2. The molecule has 12 heteroatoms. The largest absolute Gasteiger partial charge is 0.454 e. The van der Waals surface area contributed by atoms with E-state index in [2.05, 4.69) is 16.6 Å².